The fraction of sp³-hybridized carbons (Fsp3) is 0.188. The van der Waals surface area contributed by atoms with Crippen LogP contribution in [-0.2, 0) is 6.54 Å². The Balaban J connectivity index is 1.71. The predicted molar refractivity (Wildman–Crippen MR) is 80.6 cm³/mol. The zero-order chi connectivity index (χ0) is 15.5. The SMILES string of the molecule is Cc1ccc(CN(C)C(=O)c2ccc(-n3cncn3)cc2)o1. The van der Waals surface area contributed by atoms with Gasteiger partial charge in [0.1, 0.15) is 24.2 Å². The van der Waals surface area contributed by atoms with Gasteiger partial charge < -0.3 is 9.32 Å². The number of amides is 1. The Morgan fingerprint density at radius 3 is 2.59 bits per heavy atom. The Labute approximate surface area is 128 Å². The smallest absolute Gasteiger partial charge is 0.254 e. The van der Waals surface area contributed by atoms with Crippen LogP contribution in [0.15, 0.2) is 53.5 Å². The van der Waals surface area contributed by atoms with Crippen molar-refractivity contribution < 1.29 is 9.21 Å². The zero-order valence-electron chi connectivity index (χ0n) is 12.4. The number of furan rings is 1. The summed E-state index contributed by atoms with van der Waals surface area (Å²) < 4.78 is 7.14. The molecule has 0 saturated carbocycles. The standard InChI is InChI=1S/C16H16N4O2/c1-12-3-8-15(22-12)9-19(2)16(21)13-4-6-14(7-5-13)20-11-17-10-18-20/h3-8,10-11H,9H2,1-2H3. The molecule has 112 valence electrons. The van der Waals surface area contributed by atoms with Crippen molar-refractivity contribution in [3.63, 3.8) is 0 Å². The predicted octanol–water partition coefficient (Wildman–Crippen LogP) is 2.44. The maximum absolute atomic E-state index is 12.4. The molecule has 3 rings (SSSR count). The van der Waals surface area contributed by atoms with E-state index in [1.165, 1.54) is 6.33 Å². The fourth-order valence-electron chi connectivity index (χ4n) is 2.19. The first-order valence-corrected chi connectivity index (χ1v) is 6.89. The number of carbonyl (C=O) groups is 1. The second kappa shape index (κ2) is 5.85. The number of hydrogen-bond donors (Lipinski definition) is 0. The van der Waals surface area contributed by atoms with Crippen LogP contribution in [0.25, 0.3) is 5.69 Å². The number of rotatable bonds is 4. The zero-order valence-corrected chi connectivity index (χ0v) is 12.4. The Morgan fingerprint density at radius 2 is 2.00 bits per heavy atom. The summed E-state index contributed by atoms with van der Waals surface area (Å²) >= 11 is 0. The molecule has 2 aromatic heterocycles. The lowest BCUT2D eigenvalue weighted by molar-refractivity contribution is 0.0775. The highest BCUT2D eigenvalue weighted by Gasteiger charge is 2.13. The van der Waals surface area contributed by atoms with Crippen LogP contribution < -0.4 is 0 Å². The molecule has 2 heterocycles. The van der Waals surface area contributed by atoms with E-state index in [0.717, 1.165) is 17.2 Å². The van der Waals surface area contributed by atoms with E-state index in [-0.39, 0.29) is 5.91 Å². The van der Waals surface area contributed by atoms with Gasteiger partial charge in [-0.15, -0.1) is 0 Å². The molecule has 1 amide bonds. The van der Waals surface area contributed by atoms with E-state index in [1.54, 1.807) is 35.1 Å². The molecule has 1 aromatic carbocycles. The average molecular weight is 296 g/mol. The van der Waals surface area contributed by atoms with Crippen LogP contribution in [0.2, 0.25) is 0 Å². The number of aryl methyl sites for hydroxylation is 1. The maximum atomic E-state index is 12.4. The minimum absolute atomic E-state index is 0.0563. The van der Waals surface area contributed by atoms with Crippen molar-refractivity contribution in [3.05, 3.63) is 66.1 Å². The Morgan fingerprint density at radius 1 is 1.23 bits per heavy atom. The van der Waals surface area contributed by atoms with E-state index in [0.29, 0.717) is 12.1 Å². The first-order valence-electron chi connectivity index (χ1n) is 6.89. The molecule has 0 atom stereocenters. The van der Waals surface area contributed by atoms with E-state index in [1.807, 2.05) is 31.2 Å². The monoisotopic (exact) mass is 296 g/mol. The highest BCUT2D eigenvalue weighted by molar-refractivity contribution is 5.94. The molecule has 0 fully saturated rings. The second-order valence-electron chi connectivity index (χ2n) is 5.06. The van der Waals surface area contributed by atoms with Gasteiger partial charge in [-0.05, 0) is 43.3 Å². The summed E-state index contributed by atoms with van der Waals surface area (Å²) in [5, 5.41) is 4.05. The van der Waals surface area contributed by atoms with Crippen LogP contribution in [0.3, 0.4) is 0 Å². The number of nitrogens with zero attached hydrogens (tertiary/aromatic N) is 4. The van der Waals surface area contributed by atoms with E-state index >= 15 is 0 Å². The van der Waals surface area contributed by atoms with Crippen LogP contribution >= 0.6 is 0 Å². The van der Waals surface area contributed by atoms with Gasteiger partial charge in [0.05, 0.1) is 12.2 Å². The number of carbonyl (C=O) groups excluding carboxylic acids is 1. The molecular weight excluding hydrogens is 280 g/mol. The van der Waals surface area contributed by atoms with Gasteiger partial charge in [-0.1, -0.05) is 0 Å². The van der Waals surface area contributed by atoms with Gasteiger partial charge in [-0.25, -0.2) is 9.67 Å². The third-order valence-corrected chi connectivity index (χ3v) is 3.33. The Kier molecular flexibility index (Phi) is 3.74. The normalized spacial score (nSPS) is 10.6. The topological polar surface area (TPSA) is 64.2 Å². The van der Waals surface area contributed by atoms with Gasteiger partial charge in [-0.2, -0.15) is 5.10 Å². The van der Waals surface area contributed by atoms with Gasteiger partial charge in [0, 0.05) is 12.6 Å². The van der Waals surface area contributed by atoms with Crippen LogP contribution in [0.1, 0.15) is 21.9 Å². The summed E-state index contributed by atoms with van der Waals surface area (Å²) in [6, 6.07) is 11.0. The van der Waals surface area contributed by atoms with E-state index in [9.17, 15) is 4.79 Å². The molecule has 0 aliphatic rings. The molecule has 22 heavy (non-hydrogen) atoms. The van der Waals surface area contributed by atoms with Crippen molar-refractivity contribution in [1.29, 1.82) is 0 Å². The van der Waals surface area contributed by atoms with Crippen LogP contribution in [-0.4, -0.2) is 32.6 Å². The van der Waals surface area contributed by atoms with Crippen molar-refractivity contribution in [3.8, 4) is 5.69 Å². The van der Waals surface area contributed by atoms with E-state index < -0.39 is 0 Å². The molecule has 0 N–H and O–H groups in total. The number of aromatic nitrogens is 3. The summed E-state index contributed by atoms with van der Waals surface area (Å²) in [6.45, 7) is 2.33. The Hall–Kier alpha value is -2.89. The highest BCUT2D eigenvalue weighted by Crippen LogP contribution is 2.13. The van der Waals surface area contributed by atoms with E-state index in [4.69, 9.17) is 4.42 Å². The van der Waals surface area contributed by atoms with Crippen molar-refractivity contribution in [2.45, 2.75) is 13.5 Å². The molecule has 0 bridgehead atoms. The van der Waals surface area contributed by atoms with Crippen molar-refractivity contribution in [2.75, 3.05) is 7.05 Å². The third kappa shape index (κ3) is 2.90. The quantitative estimate of drug-likeness (QED) is 0.742. The summed E-state index contributed by atoms with van der Waals surface area (Å²) in [4.78, 5) is 17.9. The third-order valence-electron chi connectivity index (χ3n) is 3.33. The molecule has 0 saturated heterocycles. The van der Waals surface area contributed by atoms with Crippen LogP contribution in [0.5, 0.6) is 0 Å². The van der Waals surface area contributed by atoms with Crippen LogP contribution in [0.4, 0.5) is 0 Å². The van der Waals surface area contributed by atoms with Gasteiger partial charge in [0.25, 0.3) is 5.91 Å². The lowest BCUT2D eigenvalue weighted by Gasteiger charge is -2.16. The maximum Gasteiger partial charge on any atom is 0.254 e. The Bertz CT molecular complexity index is 760. The average Bonchev–Trinajstić information content (AvgIpc) is 3.18. The van der Waals surface area contributed by atoms with Crippen LogP contribution in [0, 0.1) is 6.92 Å². The lowest BCUT2D eigenvalue weighted by atomic mass is 10.2. The fourth-order valence-corrected chi connectivity index (χ4v) is 2.19. The van der Waals surface area contributed by atoms with Gasteiger partial charge in [0.15, 0.2) is 0 Å². The molecule has 0 aliphatic carbocycles. The van der Waals surface area contributed by atoms with Crippen molar-refractivity contribution >= 4 is 5.91 Å². The summed E-state index contributed by atoms with van der Waals surface area (Å²) in [6.07, 6.45) is 3.08. The van der Waals surface area contributed by atoms with E-state index in [2.05, 4.69) is 10.1 Å². The minimum atomic E-state index is -0.0563. The first kappa shape index (κ1) is 14.1. The van der Waals surface area contributed by atoms with Gasteiger partial charge in [-0.3, -0.25) is 4.79 Å². The highest BCUT2D eigenvalue weighted by atomic mass is 16.3. The first-order chi connectivity index (χ1) is 10.6. The number of benzene rings is 1. The molecule has 0 aliphatic heterocycles. The summed E-state index contributed by atoms with van der Waals surface area (Å²) in [5.74, 6) is 1.56. The molecule has 3 aromatic rings. The summed E-state index contributed by atoms with van der Waals surface area (Å²) in [5.41, 5.74) is 1.48. The minimum Gasteiger partial charge on any atom is -0.464 e. The van der Waals surface area contributed by atoms with Crippen molar-refractivity contribution in [1.82, 2.24) is 19.7 Å². The van der Waals surface area contributed by atoms with Gasteiger partial charge in [0.2, 0.25) is 0 Å². The molecule has 0 radical (unpaired) electrons. The largest absolute Gasteiger partial charge is 0.464 e. The molecule has 0 unspecified atom stereocenters. The van der Waals surface area contributed by atoms with Gasteiger partial charge >= 0.3 is 0 Å². The second-order valence-corrected chi connectivity index (χ2v) is 5.06. The number of hydrogen-bond acceptors (Lipinski definition) is 4. The molecule has 6 nitrogen and oxygen atoms in total. The molecule has 0 spiro atoms. The summed E-state index contributed by atoms with van der Waals surface area (Å²) in [7, 11) is 1.76. The van der Waals surface area contributed by atoms with Crippen molar-refractivity contribution in [2.24, 2.45) is 0 Å². The molecular formula is C16H16N4O2. The molecule has 6 heteroatoms. The lowest BCUT2D eigenvalue weighted by Crippen LogP contribution is -2.25.